The van der Waals surface area contributed by atoms with Crippen molar-refractivity contribution in [3.05, 3.63) is 30.1 Å². The van der Waals surface area contributed by atoms with Gasteiger partial charge in [-0.2, -0.15) is 0 Å². The number of nitrogens with one attached hydrogen (secondary N) is 1. The van der Waals surface area contributed by atoms with Gasteiger partial charge < -0.3 is 10.4 Å². The molecule has 0 bridgehead atoms. The van der Waals surface area contributed by atoms with Gasteiger partial charge in [-0.1, -0.05) is 13.0 Å². The van der Waals surface area contributed by atoms with E-state index in [1.807, 2.05) is 13.0 Å². The lowest BCUT2D eigenvalue weighted by atomic mass is 10.2. The van der Waals surface area contributed by atoms with Crippen molar-refractivity contribution in [2.45, 2.75) is 25.8 Å². The van der Waals surface area contributed by atoms with Gasteiger partial charge in [0.2, 0.25) is 5.91 Å². The third kappa shape index (κ3) is 4.08. The Hall–Kier alpha value is -1.42. The highest BCUT2D eigenvalue weighted by atomic mass is 16.3. The first-order valence-corrected chi connectivity index (χ1v) is 5.05. The minimum Gasteiger partial charge on any atom is -0.394 e. The predicted molar refractivity (Wildman–Crippen MR) is 57.2 cm³/mol. The fourth-order valence-corrected chi connectivity index (χ4v) is 1.24. The van der Waals surface area contributed by atoms with Gasteiger partial charge >= 0.3 is 0 Å². The van der Waals surface area contributed by atoms with E-state index in [0.29, 0.717) is 6.42 Å². The Morgan fingerprint density at radius 3 is 3.00 bits per heavy atom. The first kappa shape index (κ1) is 11.7. The average molecular weight is 208 g/mol. The SMILES string of the molecule is CCC(CO)NC(=O)Cc1cccnc1. The summed E-state index contributed by atoms with van der Waals surface area (Å²) in [7, 11) is 0. The van der Waals surface area contributed by atoms with E-state index in [2.05, 4.69) is 10.3 Å². The maximum Gasteiger partial charge on any atom is 0.224 e. The van der Waals surface area contributed by atoms with Crippen LogP contribution in [0.2, 0.25) is 0 Å². The summed E-state index contributed by atoms with van der Waals surface area (Å²) in [4.78, 5) is 15.4. The predicted octanol–water partition coefficient (Wildman–Crippen LogP) is 0.511. The Balaban J connectivity index is 2.43. The molecule has 2 N–H and O–H groups in total. The molecule has 0 fully saturated rings. The molecule has 0 aliphatic carbocycles. The molecule has 1 aromatic rings. The van der Waals surface area contributed by atoms with Crippen molar-refractivity contribution in [1.82, 2.24) is 10.3 Å². The highest BCUT2D eigenvalue weighted by Crippen LogP contribution is 1.98. The van der Waals surface area contributed by atoms with E-state index >= 15 is 0 Å². The summed E-state index contributed by atoms with van der Waals surface area (Å²) in [6, 6.07) is 3.51. The van der Waals surface area contributed by atoms with Crippen LogP contribution in [-0.2, 0) is 11.2 Å². The van der Waals surface area contributed by atoms with Crippen LogP contribution in [0.15, 0.2) is 24.5 Å². The van der Waals surface area contributed by atoms with Crippen LogP contribution in [0.4, 0.5) is 0 Å². The highest BCUT2D eigenvalue weighted by molar-refractivity contribution is 5.78. The van der Waals surface area contributed by atoms with Gasteiger partial charge in [0.25, 0.3) is 0 Å². The molecule has 1 atom stereocenters. The van der Waals surface area contributed by atoms with Gasteiger partial charge in [-0.05, 0) is 18.1 Å². The Morgan fingerprint density at radius 2 is 2.47 bits per heavy atom. The van der Waals surface area contributed by atoms with E-state index in [9.17, 15) is 4.79 Å². The number of hydrogen-bond donors (Lipinski definition) is 2. The summed E-state index contributed by atoms with van der Waals surface area (Å²) < 4.78 is 0. The summed E-state index contributed by atoms with van der Waals surface area (Å²) in [5.41, 5.74) is 0.878. The van der Waals surface area contributed by atoms with Gasteiger partial charge in [0.15, 0.2) is 0 Å². The van der Waals surface area contributed by atoms with Crippen molar-refractivity contribution in [2.75, 3.05) is 6.61 Å². The molecule has 1 unspecified atom stereocenters. The van der Waals surface area contributed by atoms with E-state index < -0.39 is 0 Å². The molecule has 1 aromatic heterocycles. The summed E-state index contributed by atoms with van der Waals surface area (Å²) in [6.07, 6.45) is 4.38. The molecule has 0 aliphatic heterocycles. The standard InChI is InChI=1S/C11H16N2O2/c1-2-10(8-14)13-11(15)6-9-4-3-5-12-7-9/h3-5,7,10,14H,2,6,8H2,1H3,(H,13,15). The monoisotopic (exact) mass is 208 g/mol. The van der Waals surface area contributed by atoms with E-state index in [-0.39, 0.29) is 18.6 Å². The van der Waals surface area contributed by atoms with Gasteiger partial charge in [0.05, 0.1) is 19.1 Å². The molecule has 0 radical (unpaired) electrons. The van der Waals surface area contributed by atoms with Gasteiger partial charge in [0, 0.05) is 12.4 Å². The van der Waals surface area contributed by atoms with Crippen LogP contribution in [-0.4, -0.2) is 28.6 Å². The number of aromatic nitrogens is 1. The van der Waals surface area contributed by atoms with Crippen LogP contribution in [0.1, 0.15) is 18.9 Å². The lowest BCUT2D eigenvalue weighted by Gasteiger charge is -2.13. The highest BCUT2D eigenvalue weighted by Gasteiger charge is 2.09. The maximum absolute atomic E-state index is 11.5. The molecular weight excluding hydrogens is 192 g/mol. The van der Waals surface area contributed by atoms with Crippen molar-refractivity contribution in [3.8, 4) is 0 Å². The number of rotatable bonds is 5. The second kappa shape index (κ2) is 6.14. The minimum atomic E-state index is -0.144. The average Bonchev–Trinajstić information content (AvgIpc) is 2.27. The molecular formula is C11H16N2O2. The van der Waals surface area contributed by atoms with Crippen LogP contribution >= 0.6 is 0 Å². The van der Waals surface area contributed by atoms with Crippen LogP contribution in [0.3, 0.4) is 0 Å². The van der Waals surface area contributed by atoms with Crippen LogP contribution in [0, 0.1) is 0 Å². The second-order valence-corrected chi connectivity index (χ2v) is 3.39. The molecule has 0 saturated heterocycles. The molecule has 0 aromatic carbocycles. The quantitative estimate of drug-likeness (QED) is 0.741. The molecule has 0 aliphatic rings. The number of hydrogen-bond acceptors (Lipinski definition) is 3. The molecule has 0 saturated carbocycles. The Morgan fingerprint density at radius 1 is 1.67 bits per heavy atom. The number of carbonyl (C=O) groups is 1. The van der Waals surface area contributed by atoms with Crippen molar-refractivity contribution >= 4 is 5.91 Å². The first-order valence-electron chi connectivity index (χ1n) is 5.05. The number of amides is 1. The van der Waals surface area contributed by atoms with E-state index in [4.69, 9.17) is 5.11 Å². The molecule has 1 heterocycles. The van der Waals surface area contributed by atoms with Crippen molar-refractivity contribution < 1.29 is 9.90 Å². The summed E-state index contributed by atoms with van der Waals surface area (Å²) >= 11 is 0. The third-order valence-corrected chi connectivity index (χ3v) is 2.17. The fourth-order valence-electron chi connectivity index (χ4n) is 1.24. The molecule has 4 heteroatoms. The summed E-state index contributed by atoms with van der Waals surface area (Å²) in [5.74, 6) is -0.0797. The largest absolute Gasteiger partial charge is 0.394 e. The molecule has 1 amide bonds. The maximum atomic E-state index is 11.5. The van der Waals surface area contributed by atoms with Crippen molar-refractivity contribution in [3.63, 3.8) is 0 Å². The summed E-state index contributed by atoms with van der Waals surface area (Å²) in [6.45, 7) is 1.90. The van der Waals surface area contributed by atoms with E-state index in [0.717, 1.165) is 12.0 Å². The number of pyridine rings is 1. The van der Waals surface area contributed by atoms with Crippen LogP contribution < -0.4 is 5.32 Å². The number of aliphatic hydroxyl groups excluding tert-OH is 1. The lowest BCUT2D eigenvalue weighted by Crippen LogP contribution is -2.37. The Bertz CT molecular complexity index is 297. The normalized spacial score (nSPS) is 12.1. The van der Waals surface area contributed by atoms with Gasteiger partial charge in [-0.25, -0.2) is 0 Å². The van der Waals surface area contributed by atoms with E-state index in [1.165, 1.54) is 0 Å². The lowest BCUT2D eigenvalue weighted by molar-refractivity contribution is -0.121. The van der Waals surface area contributed by atoms with E-state index in [1.54, 1.807) is 18.5 Å². The fraction of sp³-hybridized carbons (Fsp3) is 0.455. The van der Waals surface area contributed by atoms with Crippen LogP contribution in [0.5, 0.6) is 0 Å². The Kier molecular flexibility index (Phi) is 4.77. The molecule has 15 heavy (non-hydrogen) atoms. The molecule has 0 spiro atoms. The third-order valence-electron chi connectivity index (χ3n) is 2.17. The zero-order valence-electron chi connectivity index (χ0n) is 8.81. The minimum absolute atomic E-state index is 0.0186. The smallest absolute Gasteiger partial charge is 0.224 e. The molecule has 4 nitrogen and oxygen atoms in total. The number of aliphatic hydroxyl groups is 1. The zero-order chi connectivity index (χ0) is 11.1. The molecule has 82 valence electrons. The zero-order valence-corrected chi connectivity index (χ0v) is 8.81. The number of nitrogens with zero attached hydrogens (tertiary/aromatic N) is 1. The second-order valence-electron chi connectivity index (χ2n) is 3.39. The molecule has 1 rings (SSSR count). The topological polar surface area (TPSA) is 62.2 Å². The summed E-state index contributed by atoms with van der Waals surface area (Å²) in [5, 5.41) is 11.7. The van der Waals surface area contributed by atoms with Gasteiger partial charge in [-0.15, -0.1) is 0 Å². The van der Waals surface area contributed by atoms with Gasteiger partial charge in [0.1, 0.15) is 0 Å². The van der Waals surface area contributed by atoms with Crippen molar-refractivity contribution in [1.29, 1.82) is 0 Å². The van der Waals surface area contributed by atoms with Crippen LogP contribution in [0.25, 0.3) is 0 Å². The Labute approximate surface area is 89.3 Å². The number of carbonyl (C=O) groups excluding carboxylic acids is 1. The first-order chi connectivity index (χ1) is 7.26. The van der Waals surface area contributed by atoms with Crippen molar-refractivity contribution in [2.24, 2.45) is 0 Å². The van der Waals surface area contributed by atoms with Gasteiger partial charge in [-0.3, -0.25) is 9.78 Å².